The van der Waals surface area contributed by atoms with Crippen molar-refractivity contribution < 1.29 is 19.7 Å². The summed E-state index contributed by atoms with van der Waals surface area (Å²) in [4.78, 5) is 11.8. The molecule has 0 heterocycles. The molecular weight excluding hydrogens is 308 g/mol. The van der Waals surface area contributed by atoms with E-state index in [0.29, 0.717) is 17.0 Å². The summed E-state index contributed by atoms with van der Waals surface area (Å²) in [6, 6.07) is 9.68. The van der Waals surface area contributed by atoms with Crippen LogP contribution in [0.15, 0.2) is 41.5 Å². The lowest BCUT2D eigenvalue weighted by Crippen LogP contribution is -2.25. The molecule has 0 bridgehead atoms. The van der Waals surface area contributed by atoms with Crippen LogP contribution in [0.3, 0.4) is 0 Å². The molecule has 0 spiro atoms. The van der Waals surface area contributed by atoms with Gasteiger partial charge in [-0.1, -0.05) is 6.07 Å². The van der Waals surface area contributed by atoms with Gasteiger partial charge in [0.2, 0.25) is 0 Å². The molecule has 0 aliphatic heterocycles. The molecule has 2 aromatic carbocycles. The van der Waals surface area contributed by atoms with E-state index in [4.69, 9.17) is 4.74 Å². The monoisotopic (exact) mass is 328 g/mol. The Morgan fingerprint density at radius 3 is 2.58 bits per heavy atom. The molecule has 6 heteroatoms. The number of phenols is 2. The number of hydrazone groups is 1. The molecular formula is C18H20N2O4. The van der Waals surface area contributed by atoms with Gasteiger partial charge in [-0.3, -0.25) is 4.79 Å². The number of phenolic OH excluding ortho intramolecular Hbond substituents is 2. The predicted octanol–water partition coefficient (Wildman–Crippen LogP) is 2.63. The van der Waals surface area contributed by atoms with Crippen LogP contribution >= 0.6 is 0 Å². The molecule has 6 nitrogen and oxygen atoms in total. The number of aryl methyl sites for hydroxylation is 2. The quantitative estimate of drug-likeness (QED) is 0.447. The van der Waals surface area contributed by atoms with E-state index in [0.717, 1.165) is 11.1 Å². The number of carbonyl (C=O) groups excluding carboxylic acids is 1. The number of benzene rings is 2. The smallest absolute Gasteiger partial charge is 0.277 e. The molecule has 24 heavy (non-hydrogen) atoms. The van der Waals surface area contributed by atoms with Crippen molar-refractivity contribution in [2.24, 2.45) is 5.10 Å². The molecule has 0 saturated heterocycles. The lowest BCUT2D eigenvalue weighted by molar-refractivity contribution is -0.123. The fourth-order valence-corrected chi connectivity index (χ4v) is 2.01. The third-order valence-electron chi connectivity index (χ3n) is 3.57. The maximum atomic E-state index is 11.8. The van der Waals surface area contributed by atoms with Gasteiger partial charge in [-0.05, 0) is 62.2 Å². The van der Waals surface area contributed by atoms with Gasteiger partial charge in [0.25, 0.3) is 5.91 Å². The molecule has 1 amide bonds. The molecule has 0 aliphatic rings. The second-order valence-corrected chi connectivity index (χ2v) is 5.47. The average molecular weight is 328 g/mol. The van der Waals surface area contributed by atoms with Crippen LogP contribution in [0.4, 0.5) is 0 Å². The Labute approximate surface area is 140 Å². The summed E-state index contributed by atoms with van der Waals surface area (Å²) in [6.07, 6.45) is 0. The second kappa shape index (κ2) is 7.50. The van der Waals surface area contributed by atoms with Gasteiger partial charge in [0.15, 0.2) is 6.61 Å². The van der Waals surface area contributed by atoms with Crippen molar-refractivity contribution in [3.05, 3.63) is 53.1 Å². The maximum Gasteiger partial charge on any atom is 0.277 e. The first-order valence-electron chi connectivity index (χ1n) is 7.42. The lowest BCUT2D eigenvalue weighted by atomic mass is 10.1. The number of hydrogen-bond acceptors (Lipinski definition) is 5. The molecule has 3 N–H and O–H groups in total. The fourth-order valence-electron chi connectivity index (χ4n) is 2.01. The minimum atomic E-state index is -0.424. The van der Waals surface area contributed by atoms with E-state index in [9.17, 15) is 15.0 Å². The number of aromatic hydroxyl groups is 2. The van der Waals surface area contributed by atoms with E-state index in [1.54, 1.807) is 13.0 Å². The number of nitrogens with zero attached hydrogens (tertiary/aromatic N) is 1. The van der Waals surface area contributed by atoms with Crippen LogP contribution in [0.1, 0.15) is 23.6 Å². The van der Waals surface area contributed by atoms with E-state index in [1.807, 2.05) is 26.0 Å². The minimum Gasteiger partial charge on any atom is -0.508 e. The lowest BCUT2D eigenvalue weighted by Gasteiger charge is -2.08. The molecule has 0 fully saturated rings. The maximum absolute atomic E-state index is 11.8. The molecule has 0 aliphatic carbocycles. The normalized spacial score (nSPS) is 11.2. The third-order valence-corrected chi connectivity index (χ3v) is 3.57. The molecule has 2 aromatic rings. The summed E-state index contributed by atoms with van der Waals surface area (Å²) in [5.74, 6) is 0.156. The van der Waals surface area contributed by atoms with Crippen LogP contribution in [0, 0.1) is 13.8 Å². The summed E-state index contributed by atoms with van der Waals surface area (Å²) in [6.45, 7) is 5.40. The van der Waals surface area contributed by atoms with Crippen molar-refractivity contribution >= 4 is 11.6 Å². The molecule has 0 saturated carbocycles. The Balaban J connectivity index is 1.94. The highest BCUT2D eigenvalue weighted by Crippen LogP contribution is 2.22. The summed E-state index contributed by atoms with van der Waals surface area (Å²) in [5.41, 5.74) is 5.29. The van der Waals surface area contributed by atoms with Gasteiger partial charge in [-0.15, -0.1) is 0 Å². The van der Waals surface area contributed by atoms with E-state index >= 15 is 0 Å². The van der Waals surface area contributed by atoms with Crippen molar-refractivity contribution in [3.63, 3.8) is 0 Å². The Morgan fingerprint density at radius 1 is 1.12 bits per heavy atom. The van der Waals surface area contributed by atoms with Gasteiger partial charge in [-0.25, -0.2) is 5.43 Å². The number of nitrogens with one attached hydrogen (secondary N) is 1. The van der Waals surface area contributed by atoms with Crippen LogP contribution < -0.4 is 10.2 Å². The zero-order valence-corrected chi connectivity index (χ0v) is 13.8. The SMILES string of the molecule is CC(=NNC(=O)COc1ccc(C)c(C)c1)c1cc(O)ccc1O. The van der Waals surface area contributed by atoms with Crippen LogP contribution in [-0.4, -0.2) is 28.4 Å². The van der Waals surface area contributed by atoms with Crippen molar-refractivity contribution in [2.75, 3.05) is 6.61 Å². The van der Waals surface area contributed by atoms with Gasteiger partial charge in [0.05, 0.1) is 5.71 Å². The Bertz CT molecular complexity index is 785. The fraction of sp³-hybridized carbons (Fsp3) is 0.222. The van der Waals surface area contributed by atoms with Crippen molar-refractivity contribution in [1.82, 2.24) is 5.43 Å². The molecule has 2 rings (SSSR count). The van der Waals surface area contributed by atoms with Crippen LogP contribution in [-0.2, 0) is 4.79 Å². The highest BCUT2D eigenvalue weighted by atomic mass is 16.5. The minimum absolute atomic E-state index is 0.00162. The number of carbonyl (C=O) groups is 1. The third kappa shape index (κ3) is 4.49. The topological polar surface area (TPSA) is 91.2 Å². The van der Waals surface area contributed by atoms with Gasteiger partial charge in [-0.2, -0.15) is 5.10 Å². The van der Waals surface area contributed by atoms with Crippen molar-refractivity contribution in [1.29, 1.82) is 0 Å². The van der Waals surface area contributed by atoms with Crippen molar-refractivity contribution in [2.45, 2.75) is 20.8 Å². The Kier molecular flexibility index (Phi) is 5.42. The first-order chi connectivity index (χ1) is 11.4. The van der Waals surface area contributed by atoms with Gasteiger partial charge < -0.3 is 14.9 Å². The van der Waals surface area contributed by atoms with Gasteiger partial charge in [0, 0.05) is 5.56 Å². The first-order valence-corrected chi connectivity index (χ1v) is 7.42. The van der Waals surface area contributed by atoms with Crippen molar-refractivity contribution in [3.8, 4) is 17.2 Å². The first kappa shape index (κ1) is 17.3. The highest BCUT2D eigenvalue weighted by Gasteiger charge is 2.07. The Morgan fingerprint density at radius 2 is 1.88 bits per heavy atom. The average Bonchev–Trinajstić information content (AvgIpc) is 2.56. The molecule has 0 atom stereocenters. The number of ether oxygens (including phenoxy) is 1. The van der Waals surface area contributed by atoms with Gasteiger partial charge >= 0.3 is 0 Å². The predicted molar refractivity (Wildman–Crippen MR) is 91.5 cm³/mol. The summed E-state index contributed by atoms with van der Waals surface area (Å²) < 4.78 is 5.41. The summed E-state index contributed by atoms with van der Waals surface area (Å²) >= 11 is 0. The zero-order valence-electron chi connectivity index (χ0n) is 13.8. The highest BCUT2D eigenvalue weighted by molar-refractivity contribution is 6.01. The molecule has 0 aromatic heterocycles. The molecule has 126 valence electrons. The number of amides is 1. The largest absolute Gasteiger partial charge is 0.508 e. The van der Waals surface area contributed by atoms with Crippen LogP contribution in [0.25, 0.3) is 0 Å². The second-order valence-electron chi connectivity index (χ2n) is 5.47. The van der Waals surface area contributed by atoms with E-state index in [-0.39, 0.29) is 18.1 Å². The summed E-state index contributed by atoms with van der Waals surface area (Å²) in [7, 11) is 0. The summed E-state index contributed by atoms with van der Waals surface area (Å²) in [5, 5.41) is 23.1. The molecule has 0 radical (unpaired) electrons. The Hall–Kier alpha value is -3.02. The van der Waals surface area contributed by atoms with E-state index < -0.39 is 5.91 Å². The van der Waals surface area contributed by atoms with E-state index in [1.165, 1.54) is 18.2 Å². The zero-order chi connectivity index (χ0) is 17.7. The number of hydrogen-bond donors (Lipinski definition) is 3. The standard InChI is InChI=1S/C18H20N2O4/c1-11-4-6-15(8-12(11)2)24-10-18(23)20-19-13(3)16-9-14(21)5-7-17(16)22/h4-9,21-22H,10H2,1-3H3,(H,20,23). The number of rotatable bonds is 5. The molecule has 0 unspecified atom stereocenters. The van der Waals surface area contributed by atoms with E-state index in [2.05, 4.69) is 10.5 Å². The van der Waals surface area contributed by atoms with Gasteiger partial charge in [0.1, 0.15) is 17.2 Å². The van der Waals surface area contributed by atoms with Crippen LogP contribution in [0.2, 0.25) is 0 Å². The van der Waals surface area contributed by atoms with Crippen LogP contribution in [0.5, 0.6) is 17.2 Å².